The fourth-order valence-electron chi connectivity index (χ4n) is 0.554. The Balaban J connectivity index is 3.44. The van der Waals surface area contributed by atoms with Crippen molar-refractivity contribution in [1.82, 2.24) is 0 Å². The summed E-state index contributed by atoms with van der Waals surface area (Å²) in [5.74, 6) is 0.601. The van der Waals surface area contributed by atoms with E-state index in [4.69, 9.17) is 4.74 Å². The van der Waals surface area contributed by atoms with Crippen molar-refractivity contribution < 1.29 is 4.74 Å². The van der Waals surface area contributed by atoms with Crippen molar-refractivity contribution in [2.45, 2.75) is 33.3 Å². The fourth-order valence-corrected chi connectivity index (χ4v) is 0.729. The molecule has 0 amide bonds. The maximum absolute atomic E-state index is 5.08. The molecule has 0 fully saturated rings. The molecule has 0 aromatic heterocycles. The van der Waals surface area contributed by atoms with Crippen LogP contribution in [0.25, 0.3) is 0 Å². The summed E-state index contributed by atoms with van der Waals surface area (Å²) in [6, 6.07) is 0. The van der Waals surface area contributed by atoms with E-state index in [9.17, 15) is 0 Å². The highest BCUT2D eigenvalue weighted by atomic mass is 32.1. The third-order valence-electron chi connectivity index (χ3n) is 1.72. The van der Waals surface area contributed by atoms with Crippen molar-refractivity contribution in [2.75, 3.05) is 0 Å². The SMILES string of the molecule is CCC(C)C(C)OC=S. The van der Waals surface area contributed by atoms with Crippen LogP contribution in [0.5, 0.6) is 0 Å². The zero-order valence-electron chi connectivity index (χ0n) is 6.26. The third kappa shape index (κ3) is 3.46. The molecule has 0 saturated carbocycles. The van der Waals surface area contributed by atoms with Gasteiger partial charge in [0.2, 0.25) is 0 Å². The van der Waals surface area contributed by atoms with Gasteiger partial charge in [0.25, 0.3) is 0 Å². The largest absolute Gasteiger partial charge is 0.487 e. The highest BCUT2D eigenvalue weighted by Gasteiger charge is 2.08. The number of hydrogen-bond acceptors (Lipinski definition) is 2. The quantitative estimate of drug-likeness (QED) is 0.563. The Morgan fingerprint density at radius 1 is 1.56 bits per heavy atom. The van der Waals surface area contributed by atoms with Crippen molar-refractivity contribution in [2.24, 2.45) is 5.92 Å². The minimum Gasteiger partial charge on any atom is -0.487 e. The van der Waals surface area contributed by atoms with E-state index in [1.807, 2.05) is 6.92 Å². The summed E-state index contributed by atoms with van der Waals surface area (Å²) < 4.78 is 5.08. The van der Waals surface area contributed by atoms with Gasteiger partial charge in [-0.05, 0) is 25.1 Å². The lowest BCUT2D eigenvalue weighted by Crippen LogP contribution is -2.15. The Kier molecular flexibility index (Phi) is 4.68. The molecule has 2 unspecified atom stereocenters. The van der Waals surface area contributed by atoms with Gasteiger partial charge < -0.3 is 4.74 Å². The van der Waals surface area contributed by atoms with Gasteiger partial charge in [-0.1, -0.05) is 20.3 Å². The predicted molar refractivity (Wildman–Crippen MR) is 43.7 cm³/mol. The van der Waals surface area contributed by atoms with Crippen LogP contribution in [0.3, 0.4) is 0 Å². The van der Waals surface area contributed by atoms with E-state index >= 15 is 0 Å². The second-order valence-corrected chi connectivity index (χ2v) is 2.52. The molecule has 54 valence electrons. The standard InChI is InChI=1S/C7H14OS/c1-4-6(2)7(3)8-5-9/h5-7H,4H2,1-3H3. The Bertz CT molecular complexity index is 83.0. The molecule has 0 saturated heterocycles. The van der Waals surface area contributed by atoms with Crippen molar-refractivity contribution in [3.63, 3.8) is 0 Å². The lowest BCUT2D eigenvalue weighted by Gasteiger charge is -2.16. The Morgan fingerprint density at radius 3 is 2.44 bits per heavy atom. The van der Waals surface area contributed by atoms with Crippen LogP contribution in [-0.4, -0.2) is 11.7 Å². The smallest absolute Gasteiger partial charge is 0.146 e. The van der Waals surface area contributed by atoms with Crippen LogP contribution in [0.2, 0.25) is 0 Å². The van der Waals surface area contributed by atoms with Gasteiger partial charge in [-0.3, -0.25) is 0 Å². The number of hydrogen-bond donors (Lipinski definition) is 0. The summed E-state index contributed by atoms with van der Waals surface area (Å²) in [5, 5.41) is 0. The van der Waals surface area contributed by atoms with E-state index in [0.717, 1.165) is 6.42 Å². The third-order valence-corrected chi connectivity index (χ3v) is 1.83. The highest BCUT2D eigenvalue weighted by molar-refractivity contribution is 7.78. The van der Waals surface area contributed by atoms with Crippen LogP contribution in [-0.2, 0) is 4.74 Å². The molecule has 0 N–H and O–H groups in total. The molecule has 0 spiro atoms. The zero-order valence-corrected chi connectivity index (χ0v) is 7.07. The van der Waals surface area contributed by atoms with Crippen molar-refractivity contribution in [3.05, 3.63) is 0 Å². The summed E-state index contributed by atoms with van der Waals surface area (Å²) in [5.41, 5.74) is 1.34. The first-order valence-electron chi connectivity index (χ1n) is 3.31. The van der Waals surface area contributed by atoms with E-state index in [0.29, 0.717) is 5.92 Å². The summed E-state index contributed by atoms with van der Waals surface area (Å²) in [6.07, 6.45) is 1.41. The molecular weight excluding hydrogens is 132 g/mol. The van der Waals surface area contributed by atoms with Gasteiger partial charge in [-0.25, -0.2) is 0 Å². The van der Waals surface area contributed by atoms with Crippen molar-refractivity contribution in [1.29, 1.82) is 0 Å². The maximum Gasteiger partial charge on any atom is 0.146 e. The first-order chi connectivity index (χ1) is 4.22. The lowest BCUT2D eigenvalue weighted by molar-refractivity contribution is 0.159. The van der Waals surface area contributed by atoms with E-state index in [2.05, 4.69) is 26.1 Å². The fraction of sp³-hybridized carbons (Fsp3) is 0.857. The van der Waals surface area contributed by atoms with Crippen LogP contribution >= 0.6 is 12.2 Å². The minimum atomic E-state index is 0.271. The van der Waals surface area contributed by atoms with Gasteiger partial charge in [0.05, 0.1) is 6.10 Å². The second-order valence-electron chi connectivity index (χ2n) is 2.32. The van der Waals surface area contributed by atoms with Gasteiger partial charge in [0.1, 0.15) is 5.55 Å². The lowest BCUT2D eigenvalue weighted by atomic mass is 10.0. The highest BCUT2D eigenvalue weighted by Crippen LogP contribution is 2.08. The Labute approximate surface area is 62.4 Å². The summed E-state index contributed by atoms with van der Waals surface area (Å²) in [7, 11) is 0. The minimum absolute atomic E-state index is 0.271. The van der Waals surface area contributed by atoms with E-state index < -0.39 is 0 Å². The molecule has 1 nitrogen and oxygen atoms in total. The summed E-state index contributed by atoms with van der Waals surface area (Å²) in [6.45, 7) is 6.34. The number of rotatable bonds is 4. The molecule has 0 aliphatic carbocycles. The topological polar surface area (TPSA) is 9.23 Å². The Hall–Kier alpha value is -0.110. The average molecular weight is 146 g/mol. The molecule has 2 atom stereocenters. The number of ether oxygens (including phenoxy) is 1. The molecular formula is C7H14OS. The first-order valence-corrected chi connectivity index (χ1v) is 3.78. The van der Waals surface area contributed by atoms with Crippen molar-refractivity contribution >= 4 is 17.8 Å². The zero-order chi connectivity index (χ0) is 7.28. The van der Waals surface area contributed by atoms with Crippen LogP contribution in [0.1, 0.15) is 27.2 Å². The van der Waals surface area contributed by atoms with Gasteiger partial charge >= 0.3 is 0 Å². The summed E-state index contributed by atoms with van der Waals surface area (Å²) >= 11 is 4.55. The van der Waals surface area contributed by atoms with Gasteiger partial charge in [0, 0.05) is 0 Å². The maximum atomic E-state index is 5.08. The molecule has 0 aliphatic rings. The number of thiocarbonyl (C=S) groups is 1. The molecule has 2 heteroatoms. The van der Waals surface area contributed by atoms with Crippen LogP contribution < -0.4 is 0 Å². The van der Waals surface area contributed by atoms with Gasteiger partial charge in [-0.2, -0.15) is 0 Å². The van der Waals surface area contributed by atoms with Crippen LogP contribution in [0, 0.1) is 5.92 Å². The molecule has 0 bridgehead atoms. The predicted octanol–water partition coefficient (Wildman–Crippen LogP) is 2.39. The second kappa shape index (κ2) is 4.74. The van der Waals surface area contributed by atoms with E-state index in [-0.39, 0.29) is 6.10 Å². The van der Waals surface area contributed by atoms with E-state index in [1.54, 1.807) is 0 Å². The van der Waals surface area contributed by atoms with Crippen molar-refractivity contribution in [3.8, 4) is 0 Å². The molecule has 0 radical (unpaired) electrons. The van der Waals surface area contributed by atoms with E-state index in [1.165, 1.54) is 5.55 Å². The molecule has 0 heterocycles. The average Bonchev–Trinajstić information content (AvgIpc) is 1.87. The molecule has 0 aromatic rings. The first kappa shape index (κ1) is 8.89. The normalized spacial score (nSPS) is 16.3. The molecule has 0 aliphatic heterocycles. The monoisotopic (exact) mass is 146 g/mol. The van der Waals surface area contributed by atoms with Gasteiger partial charge in [0.15, 0.2) is 0 Å². The summed E-state index contributed by atoms with van der Waals surface area (Å²) in [4.78, 5) is 0. The van der Waals surface area contributed by atoms with Crippen LogP contribution in [0.4, 0.5) is 0 Å². The molecule has 0 aromatic carbocycles. The molecule has 0 rings (SSSR count). The van der Waals surface area contributed by atoms with Gasteiger partial charge in [-0.15, -0.1) is 0 Å². The van der Waals surface area contributed by atoms with Crippen LogP contribution in [0.15, 0.2) is 0 Å². The molecule has 9 heavy (non-hydrogen) atoms. The Morgan fingerprint density at radius 2 is 2.11 bits per heavy atom.